The van der Waals surface area contributed by atoms with Crippen LogP contribution in [0.15, 0.2) is 4.79 Å². The van der Waals surface area contributed by atoms with Crippen LogP contribution in [0.1, 0.15) is 43.7 Å². The monoisotopic (exact) mass is 224 g/mol. The molecule has 1 heterocycles. The lowest BCUT2D eigenvalue weighted by Crippen LogP contribution is -2.28. The van der Waals surface area contributed by atoms with Gasteiger partial charge in [0.2, 0.25) is 0 Å². The van der Waals surface area contributed by atoms with Gasteiger partial charge in [-0.3, -0.25) is 4.79 Å². The number of ether oxygens (including phenoxy) is 1. The number of aromatic amines is 1. The highest BCUT2D eigenvalue weighted by Crippen LogP contribution is 2.46. The van der Waals surface area contributed by atoms with Gasteiger partial charge in [-0.2, -0.15) is 0 Å². The molecule has 1 aliphatic carbocycles. The number of nitrogens with one attached hydrogen (secondary N) is 1. The van der Waals surface area contributed by atoms with Gasteiger partial charge in [-0.25, -0.2) is 0 Å². The van der Waals surface area contributed by atoms with E-state index in [4.69, 9.17) is 10.5 Å². The van der Waals surface area contributed by atoms with E-state index in [0.29, 0.717) is 12.2 Å². The topological polar surface area (TPSA) is 93.9 Å². The molecule has 1 aliphatic rings. The number of methoxy groups -OCH3 is 1. The Hall–Kier alpha value is -1.27. The predicted molar refractivity (Wildman–Crippen MR) is 57.8 cm³/mol. The predicted octanol–water partition coefficient (Wildman–Crippen LogP) is 0.210. The average molecular weight is 224 g/mol. The molecule has 6 heteroatoms. The van der Waals surface area contributed by atoms with Crippen molar-refractivity contribution in [3.63, 3.8) is 0 Å². The Balaban J connectivity index is 2.34. The van der Waals surface area contributed by atoms with Crippen molar-refractivity contribution in [2.24, 2.45) is 5.73 Å². The Kier molecular flexibility index (Phi) is 2.77. The van der Waals surface area contributed by atoms with E-state index >= 15 is 0 Å². The van der Waals surface area contributed by atoms with Crippen LogP contribution in [0, 0.1) is 0 Å². The first-order chi connectivity index (χ1) is 7.63. The maximum absolute atomic E-state index is 11.7. The molecule has 0 bridgehead atoms. The van der Waals surface area contributed by atoms with Gasteiger partial charge in [0.25, 0.3) is 5.56 Å². The number of hydrogen-bond donors (Lipinski definition) is 2. The first-order valence-corrected chi connectivity index (χ1v) is 5.41. The SMILES string of the molecule is CCC(N)c1nnc(C2(OC)CC2)[nH]c1=O. The second-order valence-electron chi connectivity index (χ2n) is 4.10. The normalized spacial score (nSPS) is 19.4. The van der Waals surface area contributed by atoms with Crippen LogP contribution in [-0.4, -0.2) is 22.3 Å². The van der Waals surface area contributed by atoms with Crippen molar-refractivity contribution in [3.05, 3.63) is 21.9 Å². The third-order valence-corrected chi connectivity index (χ3v) is 3.04. The molecule has 1 unspecified atom stereocenters. The van der Waals surface area contributed by atoms with E-state index in [0.717, 1.165) is 12.8 Å². The highest BCUT2D eigenvalue weighted by atomic mass is 16.5. The van der Waals surface area contributed by atoms with Gasteiger partial charge in [0.15, 0.2) is 5.82 Å². The van der Waals surface area contributed by atoms with Gasteiger partial charge in [-0.1, -0.05) is 6.92 Å². The molecule has 0 aliphatic heterocycles. The standard InChI is InChI=1S/C10H16N4O2/c1-3-6(11)7-8(15)12-9(14-13-7)10(16-2)4-5-10/h6H,3-5,11H2,1-2H3,(H,12,14,15). The van der Waals surface area contributed by atoms with Crippen molar-refractivity contribution in [1.29, 1.82) is 0 Å². The van der Waals surface area contributed by atoms with Gasteiger partial charge < -0.3 is 15.5 Å². The summed E-state index contributed by atoms with van der Waals surface area (Å²) in [6.45, 7) is 1.90. The van der Waals surface area contributed by atoms with Crippen LogP contribution in [0.2, 0.25) is 0 Å². The number of H-pyrrole nitrogens is 1. The van der Waals surface area contributed by atoms with Crippen LogP contribution in [0.25, 0.3) is 0 Å². The van der Waals surface area contributed by atoms with Crippen molar-refractivity contribution in [2.75, 3.05) is 7.11 Å². The largest absolute Gasteiger partial charge is 0.370 e. The maximum atomic E-state index is 11.7. The summed E-state index contributed by atoms with van der Waals surface area (Å²) in [6.07, 6.45) is 2.40. The fourth-order valence-corrected chi connectivity index (χ4v) is 1.64. The van der Waals surface area contributed by atoms with Gasteiger partial charge in [0, 0.05) is 7.11 Å². The molecule has 0 saturated heterocycles. The van der Waals surface area contributed by atoms with Gasteiger partial charge in [0.1, 0.15) is 11.3 Å². The molecule has 0 amide bonds. The van der Waals surface area contributed by atoms with E-state index in [2.05, 4.69) is 15.2 Å². The zero-order valence-electron chi connectivity index (χ0n) is 9.49. The molecule has 16 heavy (non-hydrogen) atoms. The molecule has 0 spiro atoms. The van der Waals surface area contributed by atoms with Crippen LogP contribution in [0.4, 0.5) is 0 Å². The van der Waals surface area contributed by atoms with Crippen molar-refractivity contribution in [2.45, 2.75) is 37.8 Å². The molecule has 0 radical (unpaired) electrons. The third kappa shape index (κ3) is 1.74. The summed E-state index contributed by atoms with van der Waals surface area (Å²) < 4.78 is 5.31. The zero-order chi connectivity index (χ0) is 11.8. The van der Waals surface area contributed by atoms with Gasteiger partial charge in [-0.05, 0) is 19.3 Å². The van der Waals surface area contributed by atoms with Crippen molar-refractivity contribution in [1.82, 2.24) is 15.2 Å². The van der Waals surface area contributed by atoms with E-state index < -0.39 is 5.60 Å². The number of aromatic nitrogens is 3. The highest BCUT2D eigenvalue weighted by Gasteiger charge is 2.47. The van der Waals surface area contributed by atoms with Crippen molar-refractivity contribution in [3.8, 4) is 0 Å². The minimum Gasteiger partial charge on any atom is -0.370 e. The first-order valence-electron chi connectivity index (χ1n) is 5.41. The van der Waals surface area contributed by atoms with Gasteiger partial charge >= 0.3 is 0 Å². The Morgan fingerprint density at radius 2 is 2.25 bits per heavy atom. The highest BCUT2D eigenvalue weighted by molar-refractivity contribution is 5.12. The fourth-order valence-electron chi connectivity index (χ4n) is 1.64. The molecule has 1 aromatic rings. The van der Waals surface area contributed by atoms with Crippen molar-refractivity contribution >= 4 is 0 Å². The molecular formula is C10H16N4O2. The molecule has 2 rings (SSSR count). The third-order valence-electron chi connectivity index (χ3n) is 3.04. The minimum atomic E-state index is -0.416. The average Bonchev–Trinajstić information content (AvgIpc) is 3.09. The Morgan fingerprint density at radius 3 is 2.69 bits per heavy atom. The Bertz CT molecular complexity index is 439. The van der Waals surface area contributed by atoms with E-state index in [-0.39, 0.29) is 17.3 Å². The summed E-state index contributed by atoms with van der Waals surface area (Å²) in [7, 11) is 1.61. The van der Waals surface area contributed by atoms with Crippen molar-refractivity contribution < 1.29 is 4.74 Å². The Morgan fingerprint density at radius 1 is 1.56 bits per heavy atom. The molecule has 0 aromatic carbocycles. The molecule has 1 aromatic heterocycles. The maximum Gasteiger partial charge on any atom is 0.274 e. The van der Waals surface area contributed by atoms with E-state index in [9.17, 15) is 4.79 Å². The quantitative estimate of drug-likeness (QED) is 0.762. The van der Waals surface area contributed by atoms with Crippen LogP contribution in [0.3, 0.4) is 0 Å². The van der Waals surface area contributed by atoms with E-state index in [1.165, 1.54) is 0 Å². The van der Waals surface area contributed by atoms with Crippen LogP contribution in [0.5, 0.6) is 0 Å². The van der Waals surface area contributed by atoms with Gasteiger partial charge in [0.05, 0.1) is 6.04 Å². The molecule has 88 valence electrons. The molecule has 3 N–H and O–H groups in total. The Labute approximate surface area is 93.2 Å². The molecular weight excluding hydrogens is 208 g/mol. The molecule has 1 fully saturated rings. The van der Waals surface area contributed by atoms with Crippen LogP contribution in [-0.2, 0) is 10.3 Å². The molecule has 6 nitrogen and oxygen atoms in total. The van der Waals surface area contributed by atoms with E-state index in [1.54, 1.807) is 7.11 Å². The summed E-state index contributed by atoms with van der Waals surface area (Å²) in [5, 5.41) is 7.91. The number of hydrogen-bond acceptors (Lipinski definition) is 5. The lowest BCUT2D eigenvalue weighted by molar-refractivity contribution is 0.0697. The summed E-state index contributed by atoms with van der Waals surface area (Å²) >= 11 is 0. The summed E-state index contributed by atoms with van der Waals surface area (Å²) in [5.41, 5.74) is 5.36. The zero-order valence-corrected chi connectivity index (χ0v) is 9.49. The van der Waals surface area contributed by atoms with Crippen LogP contribution < -0.4 is 11.3 Å². The summed E-state index contributed by atoms with van der Waals surface area (Å²) in [4.78, 5) is 14.4. The lowest BCUT2D eigenvalue weighted by Gasteiger charge is -2.12. The second kappa shape index (κ2) is 3.95. The van der Waals surface area contributed by atoms with E-state index in [1.807, 2.05) is 6.92 Å². The fraction of sp³-hybridized carbons (Fsp3) is 0.700. The molecule has 1 saturated carbocycles. The number of nitrogens with zero attached hydrogens (tertiary/aromatic N) is 2. The lowest BCUT2D eigenvalue weighted by atomic mass is 10.2. The molecule has 1 atom stereocenters. The number of rotatable bonds is 4. The first kappa shape index (κ1) is 11.2. The minimum absolute atomic E-state index is 0.261. The van der Waals surface area contributed by atoms with Crippen LogP contribution >= 0.6 is 0 Å². The number of nitrogens with two attached hydrogens (primary N) is 1. The summed E-state index contributed by atoms with van der Waals surface area (Å²) in [6, 6.07) is -0.358. The smallest absolute Gasteiger partial charge is 0.274 e. The van der Waals surface area contributed by atoms with Gasteiger partial charge in [-0.15, -0.1) is 10.2 Å². The summed E-state index contributed by atoms with van der Waals surface area (Å²) in [5.74, 6) is 0.507. The second-order valence-corrected chi connectivity index (χ2v) is 4.10.